The number of rotatable bonds is 3. The quantitative estimate of drug-likeness (QED) is 0.678. The molecule has 0 aliphatic heterocycles. The van der Waals surface area contributed by atoms with E-state index in [2.05, 4.69) is 4.98 Å². The van der Waals surface area contributed by atoms with Crippen LogP contribution < -0.4 is 4.74 Å². The SMILES string of the molecule is CCC(=O)Oc1nc(-c2ccc3ccccc3c2)oc1C. The molecule has 0 atom stereocenters. The predicted octanol–water partition coefficient (Wildman–Crippen LogP) is 4.12. The molecule has 4 heteroatoms. The Hall–Kier alpha value is -2.62. The molecule has 21 heavy (non-hydrogen) atoms. The lowest BCUT2D eigenvalue weighted by atomic mass is 10.1. The van der Waals surface area contributed by atoms with Gasteiger partial charge < -0.3 is 9.15 Å². The molecule has 106 valence electrons. The molecule has 0 unspecified atom stereocenters. The fraction of sp³-hybridized carbons (Fsp3) is 0.176. The molecule has 2 aromatic carbocycles. The van der Waals surface area contributed by atoms with Crippen LogP contribution in [0.25, 0.3) is 22.2 Å². The molecule has 0 saturated heterocycles. The second-order valence-corrected chi connectivity index (χ2v) is 4.77. The molecule has 1 heterocycles. The first-order valence-electron chi connectivity index (χ1n) is 6.84. The van der Waals surface area contributed by atoms with Crippen molar-refractivity contribution in [2.24, 2.45) is 0 Å². The molecule has 0 aliphatic carbocycles. The number of carbonyl (C=O) groups excluding carboxylic acids is 1. The molecule has 0 saturated carbocycles. The number of benzene rings is 2. The molecule has 0 spiro atoms. The van der Waals surface area contributed by atoms with Gasteiger partial charge in [0.2, 0.25) is 5.89 Å². The van der Waals surface area contributed by atoms with Crippen LogP contribution in [0.15, 0.2) is 46.9 Å². The molecule has 3 aromatic rings. The van der Waals surface area contributed by atoms with Crippen molar-refractivity contribution in [3.63, 3.8) is 0 Å². The van der Waals surface area contributed by atoms with Crippen LogP contribution >= 0.6 is 0 Å². The Morgan fingerprint density at radius 3 is 2.71 bits per heavy atom. The first kappa shape index (κ1) is 13.4. The monoisotopic (exact) mass is 281 g/mol. The van der Waals surface area contributed by atoms with Gasteiger partial charge in [-0.15, -0.1) is 0 Å². The average molecular weight is 281 g/mol. The largest absolute Gasteiger partial charge is 0.437 e. The van der Waals surface area contributed by atoms with Crippen molar-refractivity contribution in [3.8, 4) is 17.3 Å². The summed E-state index contributed by atoms with van der Waals surface area (Å²) in [6.45, 7) is 3.47. The Kier molecular flexibility index (Phi) is 3.44. The third-order valence-corrected chi connectivity index (χ3v) is 3.25. The fourth-order valence-electron chi connectivity index (χ4n) is 2.10. The van der Waals surface area contributed by atoms with E-state index in [0.717, 1.165) is 16.3 Å². The number of carbonyl (C=O) groups is 1. The highest BCUT2D eigenvalue weighted by Gasteiger charge is 2.15. The maximum absolute atomic E-state index is 11.4. The zero-order valence-electron chi connectivity index (χ0n) is 11.9. The van der Waals surface area contributed by atoms with E-state index in [1.54, 1.807) is 13.8 Å². The minimum Gasteiger partial charge on any atom is -0.437 e. The number of oxazole rings is 1. The van der Waals surface area contributed by atoms with Crippen LogP contribution in [0.2, 0.25) is 0 Å². The van der Waals surface area contributed by atoms with Gasteiger partial charge >= 0.3 is 5.97 Å². The highest BCUT2D eigenvalue weighted by Crippen LogP contribution is 2.28. The third-order valence-electron chi connectivity index (χ3n) is 3.25. The van der Waals surface area contributed by atoms with Crippen molar-refractivity contribution in [3.05, 3.63) is 48.2 Å². The van der Waals surface area contributed by atoms with Gasteiger partial charge in [0.05, 0.1) is 0 Å². The third kappa shape index (κ3) is 2.65. The first-order valence-corrected chi connectivity index (χ1v) is 6.84. The Labute approximate surface area is 122 Å². The molecule has 0 radical (unpaired) electrons. The molecule has 0 aliphatic rings. The van der Waals surface area contributed by atoms with Crippen LogP contribution in [0.4, 0.5) is 0 Å². The molecule has 1 aromatic heterocycles. The van der Waals surface area contributed by atoms with E-state index in [4.69, 9.17) is 9.15 Å². The predicted molar refractivity (Wildman–Crippen MR) is 80.1 cm³/mol. The van der Waals surface area contributed by atoms with Gasteiger partial charge in [-0.25, -0.2) is 0 Å². The maximum Gasteiger partial charge on any atom is 0.312 e. The van der Waals surface area contributed by atoms with E-state index in [9.17, 15) is 4.79 Å². The average Bonchev–Trinajstić information content (AvgIpc) is 2.87. The molecule has 0 fully saturated rings. The number of aromatic nitrogens is 1. The van der Waals surface area contributed by atoms with E-state index in [1.165, 1.54) is 0 Å². The number of ether oxygens (including phenoxy) is 1. The topological polar surface area (TPSA) is 52.3 Å². The first-order chi connectivity index (χ1) is 10.2. The fourth-order valence-corrected chi connectivity index (χ4v) is 2.10. The Balaban J connectivity index is 1.98. The van der Waals surface area contributed by atoms with E-state index in [-0.39, 0.29) is 11.8 Å². The van der Waals surface area contributed by atoms with E-state index >= 15 is 0 Å². The van der Waals surface area contributed by atoms with Gasteiger partial charge in [0.25, 0.3) is 5.88 Å². The zero-order valence-corrected chi connectivity index (χ0v) is 11.9. The Bertz CT molecular complexity index is 805. The van der Waals surface area contributed by atoms with Gasteiger partial charge in [-0.3, -0.25) is 4.79 Å². The number of nitrogens with zero attached hydrogens (tertiary/aromatic N) is 1. The molecule has 3 rings (SSSR count). The van der Waals surface area contributed by atoms with Crippen LogP contribution in [0.3, 0.4) is 0 Å². The second kappa shape index (κ2) is 5.40. The molecule has 0 amide bonds. The summed E-state index contributed by atoms with van der Waals surface area (Å²) >= 11 is 0. The van der Waals surface area contributed by atoms with Crippen molar-refractivity contribution in [1.82, 2.24) is 4.98 Å². The lowest BCUT2D eigenvalue weighted by Crippen LogP contribution is -2.06. The molecule has 4 nitrogen and oxygen atoms in total. The summed E-state index contributed by atoms with van der Waals surface area (Å²) in [5, 5.41) is 2.26. The lowest BCUT2D eigenvalue weighted by molar-refractivity contribution is -0.134. The zero-order chi connectivity index (χ0) is 14.8. The van der Waals surface area contributed by atoms with Crippen LogP contribution in [-0.4, -0.2) is 11.0 Å². The number of aryl methyl sites for hydroxylation is 1. The van der Waals surface area contributed by atoms with Crippen molar-refractivity contribution >= 4 is 16.7 Å². The van der Waals surface area contributed by atoms with Crippen molar-refractivity contribution < 1.29 is 13.9 Å². The van der Waals surface area contributed by atoms with Crippen LogP contribution in [0.1, 0.15) is 19.1 Å². The summed E-state index contributed by atoms with van der Waals surface area (Å²) in [6, 6.07) is 14.0. The van der Waals surface area contributed by atoms with Gasteiger partial charge in [0, 0.05) is 12.0 Å². The van der Waals surface area contributed by atoms with Gasteiger partial charge in [-0.2, -0.15) is 4.98 Å². The molecular formula is C17H15NO3. The van der Waals surface area contributed by atoms with Gasteiger partial charge in [-0.1, -0.05) is 37.3 Å². The summed E-state index contributed by atoms with van der Waals surface area (Å²) in [5.74, 6) is 0.874. The van der Waals surface area contributed by atoms with Crippen molar-refractivity contribution in [1.29, 1.82) is 0 Å². The number of fused-ring (bicyclic) bond motifs is 1. The van der Waals surface area contributed by atoms with E-state index in [0.29, 0.717) is 18.1 Å². The van der Waals surface area contributed by atoms with E-state index in [1.807, 2.05) is 42.5 Å². The van der Waals surface area contributed by atoms with Crippen LogP contribution in [0.5, 0.6) is 5.88 Å². The standard InChI is InChI=1S/C17H15NO3/c1-3-15(19)21-16-11(2)20-17(18-16)14-9-8-12-6-4-5-7-13(12)10-14/h4-10H,3H2,1-2H3. The second-order valence-electron chi connectivity index (χ2n) is 4.77. The summed E-state index contributed by atoms with van der Waals surface area (Å²) in [7, 11) is 0. The summed E-state index contributed by atoms with van der Waals surface area (Å²) in [6.07, 6.45) is 0.303. The van der Waals surface area contributed by atoms with Crippen LogP contribution in [-0.2, 0) is 4.79 Å². The maximum atomic E-state index is 11.4. The summed E-state index contributed by atoms with van der Waals surface area (Å²) < 4.78 is 10.7. The van der Waals surface area contributed by atoms with Gasteiger partial charge in [0.15, 0.2) is 5.76 Å². The Morgan fingerprint density at radius 1 is 1.19 bits per heavy atom. The smallest absolute Gasteiger partial charge is 0.312 e. The highest BCUT2D eigenvalue weighted by atomic mass is 16.6. The number of esters is 1. The molecule has 0 N–H and O–H groups in total. The normalized spacial score (nSPS) is 10.8. The van der Waals surface area contributed by atoms with Crippen molar-refractivity contribution in [2.45, 2.75) is 20.3 Å². The minimum absolute atomic E-state index is 0.241. The highest BCUT2D eigenvalue weighted by molar-refractivity contribution is 5.86. The van der Waals surface area contributed by atoms with Gasteiger partial charge in [0.1, 0.15) is 0 Å². The minimum atomic E-state index is -0.323. The van der Waals surface area contributed by atoms with Crippen LogP contribution in [0, 0.1) is 6.92 Å². The molecule has 0 bridgehead atoms. The molecular weight excluding hydrogens is 266 g/mol. The Morgan fingerprint density at radius 2 is 1.95 bits per heavy atom. The number of hydrogen-bond donors (Lipinski definition) is 0. The number of hydrogen-bond acceptors (Lipinski definition) is 4. The summed E-state index contributed by atoms with van der Waals surface area (Å²) in [5.41, 5.74) is 0.857. The lowest BCUT2D eigenvalue weighted by Gasteiger charge is -1.99. The van der Waals surface area contributed by atoms with Gasteiger partial charge in [-0.05, 0) is 29.8 Å². The van der Waals surface area contributed by atoms with E-state index < -0.39 is 0 Å². The summed E-state index contributed by atoms with van der Waals surface area (Å²) in [4.78, 5) is 15.6. The van der Waals surface area contributed by atoms with Crippen molar-refractivity contribution in [2.75, 3.05) is 0 Å².